The number of benzene rings is 2. The molecule has 3 nitrogen and oxygen atoms in total. The van der Waals surface area contributed by atoms with Crippen LogP contribution in [-0.4, -0.2) is 12.5 Å². The first-order chi connectivity index (χ1) is 11.3. The number of nitriles is 1. The van der Waals surface area contributed by atoms with Gasteiger partial charge in [0.15, 0.2) is 0 Å². The Hall–Kier alpha value is -2.60. The van der Waals surface area contributed by atoms with Gasteiger partial charge < -0.3 is 5.32 Å². The summed E-state index contributed by atoms with van der Waals surface area (Å²) >= 11 is 0. The fourth-order valence-corrected chi connectivity index (χ4v) is 2.50. The van der Waals surface area contributed by atoms with Gasteiger partial charge in [0.05, 0.1) is 17.0 Å². The fraction of sp³-hybridized carbons (Fsp3) is 0.333. The second-order valence-corrected chi connectivity index (χ2v) is 7.00. The van der Waals surface area contributed by atoms with Crippen molar-refractivity contribution < 1.29 is 4.79 Å². The second kappa shape index (κ2) is 7.31. The molecule has 0 saturated heterocycles. The summed E-state index contributed by atoms with van der Waals surface area (Å²) in [5.74, 6) is 0.468. The number of carbonyl (C=O) groups excluding carboxylic acids is 1. The number of hydrogen-bond acceptors (Lipinski definition) is 2. The summed E-state index contributed by atoms with van der Waals surface area (Å²) in [4.78, 5) is 12.5. The van der Waals surface area contributed by atoms with E-state index in [4.69, 9.17) is 5.26 Å². The molecule has 2 rings (SSSR count). The molecule has 0 heterocycles. The Morgan fingerprint density at radius 2 is 1.79 bits per heavy atom. The van der Waals surface area contributed by atoms with Crippen LogP contribution in [0, 0.1) is 17.2 Å². The highest BCUT2D eigenvalue weighted by Gasteiger charge is 2.29. The molecule has 0 aromatic heterocycles. The predicted octanol–water partition coefficient (Wildman–Crippen LogP) is 4.28. The Morgan fingerprint density at radius 1 is 1.12 bits per heavy atom. The van der Waals surface area contributed by atoms with E-state index in [-0.39, 0.29) is 5.91 Å². The number of nitrogens with one attached hydrogen (secondary N) is 1. The molecule has 2 aromatic carbocycles. The van der Waals surface area contributed by atoms with Gasteiger partial charge in [-0.1, -0.05) is 50.2 Å². The Balaban J connectivity index is 2.21. The zero-order chi connectivity index (χ0) is 17.7. The molecule has 0 saturated carbocycles. The summed E-state index contributed by atoms with van der Waals surface area (Å²) in [6.45, 7) is 8.72. The lowest BCUT2D eigenvalue weighted by atomic mass is 9.83. The average Bonchev–Trinajstić information content (AvgIpc) is 2.59. The average molecular weight is 320 g/mol. The smallest absolute Gasteiger partial charge is 0.230 e. The Bertz CT molecular complexity index is 752. The SMILES string of the molecule is CC(C)CNC(=O)C(C)(C)c1ccc(-c2cccc(C#N)c2)cc1. The lowest BCUT2D eigenvalue weighted by molar-refractivity contribution is -0.125. The van der Waals surface area contributed by atoms with Crippen molar-refractivity contribution in [2.75, 3.05) is 6.54 Å². The van der Waals surface area contributed by atoms with Crippen molar-refractivity contribution in [1.29, 1.82) is 5.26 Å². The lowest BCUT2D eigenvalue weighted by Crippen LogP contribution is -2.41. The van der Waals surface area contributed by atoms with E-state index in [0.29, 0.717) is 18.0 Å². The minimum atomic E-state index is -0.581. The van der Waals surface area contributed by atoms with E-state index in [2.05, 4.69) is 25.2 Å². The van der Waals surface area contributed by atoms with E-state index in [1.165, 1.54) is 0 Å². The molecule has 24 heavy (non-hydrogen) atoms. The van der Waals surface area contributed by atoms with Gasteiger partial charge in [0.1, 0.15) is 0 Å². The summed E-state index contributed by atoms with van der Waals surface area (Å²) in [7, 11) is 0. The number of amides is 1. The largest absolute Gasteiger partial charge is 0.355 e. The first-order valence-corrected chi connectivity index (χ1v) is 8.24. The van der Waals surface area contributed by atoms with Crippen LogP contribution < -0.4 is 5.32 Å². The van der Waals surface area contributed by atoms with Crippen molar-refractivity contribution >= 4 is 5.91 Å². The van der Waals surface area contributed by atoms with E-state index < -0.39 is 5.41 Å². The molecular formula is C21H24N2O. The molecule has 124 valence electrons. The molecule has 0 aliphatic rings. The quantitative estimate of drug-likeness (QED) is 0.894. The molecule has 0 aliphatic heterocycles. The second-order valence-electron chi connectivity index (χ2n) is 7.00. The van der Waals surface area contributed by atoms with Gasteiger partial charge in [-0.05, 0) is 48.6 Å². The maximum atomic E-state index is 12.5. The van der Waals surface area contributed by atoms with E-state index in [1.807, 2.05) is 56.3 Å². The molecule has 0 bridgehead atoms. The highest BCUT2D eigenvalue weighted by atomic mass is 16.2. The normalized spacial score (nSPS) is 11.2. The van der Waals surface area contributed by atoms with Gasteiger partial charge in [-0.3, -0.25) is 4.79 Å². The Morgan fingerprint density at radius 3 is 2.38 bits per heavy atom. The molecule has 0 aliphatic carbocycles. The maximum absolute atomic E-state index is 12.5. The third-order valence-electron chi connectivity index (χ3n) is 4.17. The molecule has 0 unspecified atom stereocenters. The molecule has 0 spiro atoms. The lowest BCUT2D eigenvalue weighted by Gasteiger charge is -2.25. The van der Waals surface area contributed by atoms with Crippen molar-refractivity contribution in [3.63, 3.8) is 0 Å². The van der Waals surface area contributed by atoms with Crippen LogP contribution in [0.5, 0.6) is 0 Å². The topological polar surface area (TPSA) is 52.9 Å². The summed E-state index contributed by atoms with van der Waals surface area (Å²) in [6.07, 6.45) is 0. The summed E-state index contributed by atoms with van der Waals surface area (Å²) in [6, 6.07) is 17.7. The van der Waals surface area contributed by atoms with Gasteiger partial charge in [-0.25, -0.2) is 0 Å². The van der Waals surface area contributed by atoms with Gasteiger partial charge in [-0.2, -0.15) is 5.26 Å². The van der Waals surface area contributed by atoms with E-state index in [0.717, 1.165) is 16.7 Å². The first kappa shape index (κ1) is 17.7. The molecular weight excluding hydrogens is 296 g/mol. The fourth-order valence-electron chi connectivity index (χ4n) is 2.50. The molecule has 2 aromatic rings. The highest BCUT2D eigenvalue weighted by Crippen LogP contribution is 2.27. The van der Waals surface area contributed by atoms with Crippen LogP contribution in [0.2, 0.25) is 0 Å². The zero-order valence-electron chi connectivity index (χ0n) is 14.8. The van der Waals surface area contributed by atoms with Crippen LogP contribution in [0.4, 0.5) is 0 Å². The zero-order valence-corrected chi connectivity index (χ0v) is 14.8. The molecule has 0 radical (unpaired) electrons. The Labute approximate surface area is 144 Å². The minimum absolute atomic E-state index is 0.0374. The van der Waals surface area contributed by atoms with Crippen molar-refractivity contribution in [1.82, 2.24) is 5.32 Å². The van der Waals surface area contributed by atoms with Crippen LogP contribution in [0.1, 0.15) is 38.8 Å². The van der Waals surface area contributed by atoms with Gasteiger partial charge in [0.25, 0.3) is 0 Å². The first-order valence-electron chi connectivity index (χ1n) is 8.24. The van der Waals surface area contributed by atoms with Crippen molar-refractivity contribution in [3.05, 3.63) is 59.7 Å². The number of nitrogens with zero attached hydrogens (tertiary/aromatic N) is 1. The number of hydrogen-bond donors (Lipinski definition) is 1. The van der Waals surface area contributed by atoms with Gasteiger partial charge in [0, 0.05) is 6.54 Å². The third kappa shape index (κ3) is 4.02. The Kier molecular flexibility index (Phi) is 5.41. The van der Waals surface area contributed by atoms with Gasteiger partial charge in [0.2, 0.25) is 5.91 Å². The third-order valence-corrected chi connectivity index (χ3v) is 4.17. The van der Waals surface area contributed by atoms with Crippen LogP contribution in [-0.2, 0) is 10.2 Å². The molecule has 0 fully saturated rings. The van der Waals surface area contributed by atoms with E-state index >= 15 is 0 Å². The molecule has 1 amide bonds. The van der Waals surface area contributed by atoms with Gasteiger partial charge >= 0.3 is 0 Å². The molecule has 1 N–H and O–H groups in total. The summed E-state index contributed by atoms with van der Waals surface area (Å²) in [5.41, 5.74) is 3.08. The van der Waals surface area contributed by atoms with Crippen molar-refractivity contribution in [2.24, 2.45) is 5.92 Å². The molecule has 0 atom stereocenters. The maximum Gasteiger partial charge on any atom is 0.230 e. The van der Waals surface area contributed by atoms with E-state index in [1.54, 1.807) is 6.07 Å². The van der Waals surface area contributed by atoms with Crippen LogP contribution in [0.15, 0.2) is 48.5 Å². The summed E-state index contributed by atoms with van der Waals surface area (Å²) in [5, 5.41) is 12.0. The molecule has 3 heteroatoms. The standard InChI is InChI=1S/C21H24N2O/c1-15(2)14-23-20(24)21(3,4)19-10-8-17(9-11-19)18-7-5-6-16(12-18)13-22/h5-12,15H,14H2,1-4H3,(H,23,24). The number of rotatable bonds is 5. The van der Waals surface area contributed by atoms with Crippen molar-refractivity contribution in [2.45, 2.75) is 33.1 Å². The van der Waals surface area contributed by atoms with Crippen LogP contribution in [0.3, 0.4) is 0 Å². The monoisotopic (exact) mass is 320 g/mol. The van der Waals surface area contributed by atoms with E-state index in [9.17, 15) is 4.79 Å². The predicted molar refractivity (Wildman–Crippen MR) is 97.5 cm³/mol. The van der Waals surface area contributed by atoms with Crippen LogP contribution in [0.25, 0.3) is 11.1 Å². The summed E-state index contributed by atoms with van der Waals surface area (Å²) < 4.78 is 0. The van der Waals surface area contributed by atoms with Gasteiger partial charge in [-0.15, -0.1) is 0 Å². The van der Waals surface area contributed by atoms with Crippen molar-refractivity contribution in [3.8, 4) is 17.2 Å². The minimum Gasteiger partial charge on any atom is -0.355 e. The number of carbonyl (C=O) groups is 1. The highest BCUT2D eigenvalue weighted by molar-refractivity contribution is 5.87. The van der Waals surface area contributed by atoms with Crippen LogP contribution >= 0.6 is 0 Å².